The lowest BCUT2D eigenvalue weighted by Crippen LogP contribution is -2.22. The van der Waals surface area contributed by atoms with Crippen molar-refractivity contribution in [2.45, 2.75) is 38.3 Å². The summed E-state index contributed by atoms with van der Waals surface area (Å²) in [7, 11) is 0. The van der Waals surface area contributed by atoms with Gasteiger partial charge in [0, 0.05) is 23.7 Å². The highest BCUT2D eigenvalue weighted by Gasteiger charge is 2.46. The smallest absolute Gasteiger partial charge is 0.267 e. The highest BCUT2D eigenvalue weighted by atomic mass is 79.9. The minimum atomic E-state index is -2.96. The van der Waals surface area contributed by atoms with Gasteiger partial charge >= 0.3 is 0 Å². The van der Waals surface area contributed by atoms with Crippen LogP contribution in [0.25, 0.3) is 10.9 Å². The number of alkyl halides is 4. The molecule has 0 amide bonds. The Kier molecular flexibility index (Phi) is 5.71. The molecule has 0 spiro atoms. The van der Waals surface area contributed by atoms with Crippen LogP contribution in [0.3, 0.4) is 0 Å². The number of halogens is 6. The molecule has 2 aromatic heterocycles. The van der Waals surface area contributed by atoms with E-state index >= 15 is 0 Å². The first-order valence-electron chi connectivity index (χ1n) is 9.37. The van der Waals surface area contributed by atoms with Gasteiger partial charge in [0.05, 0.1) is 22.5 Å². The quantitative estimate of drug-likeness (QED) is 0.443. The van der Waals surface area contributed by atoms with Gasteiger partial charge < -0.3 is 9.88 Å². The van der Waals surface area contributed by atoms with Crippen molar-refractivity contribution in [1.29, 1.82) is 0 Å². The van der Waals surface area contributed by atoms with Gasteiger partial charge in [0.1, 0.15) is 22.4 Å². The molecular weight excluding hydrogens is 487 g/mol. The van der Waals surface area contributed by atoms with Gasteiger partial charge in [-0.25, -0.2) is 31.9 Å². The number of nitrogens with zero attached hydrogens (tertiary/aromatic N) is 3. The van der Waals surface area contributed by atoms with E-state index in [2.05, 4.69) is 31.2 Å². The predicted molar refractivity (Wildman–Crippen MR) is 108 cm³/mol. The Morgan fingerprint density at radius 1 is 1.19 bits per heavy atom. The number of hydrogen-bond acceptors (Lipinski definition) is 4. The molecule has 1 unspecified atom stereocenters. The summed E-state index contributed by atoms with van der Waals surface area (Å²) in [5, 5.41) is 3.31. The van der Waals surface area contributed by atoms with E-state index in [-0.39, 0.29) is 27.8 Å². The van der Waals surface area contributed by atoms with Crippen LogP contribution >= 0.6 is 15.9 Å². The first kappa shape index (κ1) is 21.7. The number of rotatable bonds is 6. The summed E-state index contributed by atoms with van der Waals surface area (Å²) in [4.78, 5) is 20.8. The lowest BCUT2D eigenvalue weighted by molar-refractivity contribution is 0.116. The summed E-state index contributed by atoms with van der Waals surface area (Å²) in [6.45, 7) is 1.57. The third-order valence-electron chi connectivity index (χ3n) is 5.38. The summed E-state index contributed by atoms with van der Waals surface area (Å²) >= 11 is 3.18. The molecule has 0 radical (unpaired) electrons. The number of pyridine rings is 1. The first-order chi connectivity index (χ1) is 14.7. The van der Waals surface area contributed by atoms with Crippen LogP contribution in [-0.2, 0) is 0 Å². The van der Waals surface area contributed by atoms with Gasteiger partial charge in [-0.05, 0) is 29.3 Å². The Bertz CT molecular complexity index is 1200. The molecule has 164 valence electrons. The minimum Gasteiger partial charge on any atom is -0.363 e. The maximum atomic E-state index is 14.5. The van der Waals surface area contributed by atoms with E-state index in [0.29, 0.717) is 5.39 Å². The number of hydrogen-bond donors (Lipinski definition) is 1. The zero-order valence-corrected chi connectivity index (χ0v) is 17.6. The topological polar surface area (TPSA) is 59.8 Å². The summed E-state index contributed by atoms with van der Waals surface area (Å²) in [5.41, 5.74) is -0.935. The summed E-state index contributed by atoms with van der Waals surface area (Å²) in [6.07, 6.45) is -2.73. The standard InChI is InChI=1S/C20H16BrF5N4O/c1-8(9-3-2-4-10(15(9)22)17(23)24)29-19-12-6-30(13-5-11(13)18(25)26)20(31)14(21)16(12)27-7-28-19/h2-4,6-8,11,13,17-18H,5H2,1H3,(H,27,28,29)/t8-,11?,13-/m1/s1. The van der Waals surface area contributed by atoms with Crippen molar-refractivity contribution in [3.63, 3.8) is 0 Å². The highest BCUT2D eigenvalue weighted by molar-refractivity contribution is 9.10. The minimum absolute atomic E-state index is 0.0110. The normalized spacial score (nSPS) is 19.3. The van der Waals surface area contributed by atoms with E-state index < -0.39 is 47.8 Å². The molecule has 1 aromatic carbocycles. The van der Waals surface area contributed by atoms with Crippen LogP contribution in [0.1, 0.15) is 43.0 Å². The van der Waals surface area contributed by atoms with Gasteiger partial charge in [-0.15, -0.1) is 0 Å². The molecule has 4 rings (SSSR count). The fourth-order valence-corrected chi connectivity index (χ4v) is 4.13. The summed E-state index contributed by atoms with van der Waals surface area (Å²) in [6, 6.07) is 2.33. The number of benzene rings is 1. The molecule has 1 aliphatic carbocycles. The zero-order chi connectivity index (χ0) is 22.4. The predicted octanol–water partition coefficient (Wildman–Crippen LogP) is 5.63. The molecule has 0 bridgehead atoms. The molecule has 1 N–H and O–H groups in total. The maximum absolute atomic E-state index is 14.5. The molecule has 0 saturated heterocycles. The Morgan fingerprint density at radius 3 is 2.55 bits per heavy atom. The number of anilines is 1. The van der Waals surface area contributed by atoms with Crippen LogP contribution in [0.4, 0.5) is 27.8 Å². The number of fused-ring (bicyclic) bond motifs is 1. The Balaban J connectivity index is 1.74. The average Bonchev–Trinajstić information content (AvgIpc) is 3.52. The van der Waals surface area contributed by atoms with Crippen molar-refractivity contribution >= 4 is 32.7 Å². The third kappa shape index (κ3) is 3.90. The molecule has 3 aromatic rings. The molecule has 1 aliphatic rings. The Morgan fingerprint density at radius 2 is 1.90 bits per heavy atom. The van der Waals surface area contributed by atoms with Gasteiger partial charge in [-0.3, -0.25) is 4.79 Å². The van der Waals surface area contributed by atoms with Gasteiger partial charge in [0.25, 0.3) is 12.0 Å². The molecule has 31 heavy (non-hydrogen) atoms. The lowest BCUT2D eigenvalue weighted by atomic mass is 10.0. The second-order valence-electron chi connectivity index (χ2n) is 7.36. The molecular formula is C20H16BrF5N4O. The maximum Gasteiger partial charge on any atom is 0.267 e. The van der Waals surface area contributed by atoms with E-state index in [9.17, 15) is 26.7 Å². The molecule has 11 heteroatoms. The van der Waals surface area contributed by atoms with E-state index in [4.69, 9.17) is 0 Å². The van der Waals surface area contributed by atoms with Crippen LogP contribution < -0.4 is 10.9 Å². The summed E-state index contributed by atoms with van der Waals surface area (Å²) < 4.78 is 67.9. The van der Waals surface area contributed by atoms with Gasteiger partial charge in [-0.2, -0.15) is 0 Å². The fraction of sp³-hybridized carbons (Fsp3) is 0.350. The Hall–Kier alpha value is -2.56. The van der Waals surface area contributed by atoms with Crippen molar-refractivity contribution in [3.05, 3.63) is 62.5 Å². The molecule has 3 atom stereocenters. The summed E-state index contributed by atoms with van der Waals surface area (Å²) in [5.74, 6) is -1.72. The van der Waals surface area contributed by atoms with E-state index in [0.717, 1.165) is 6.07 Å². The third-order valence-corrected chi connectivity index (χ3v) is 6.10. The first-order valence-corrected chi connectivity index (χ1v) is 10.2. The van der Waals surface area contributed by atoms with E-state index in [1.165, 1.54) is 29.2 Å². The Labute approximate surface area is 181 Å². The molecule has 5 nitrogen and oxygen atoms in total. The zero-order valence-electron chi connectivity index (χ0n) is 16.0. The monoisotopic (exact) mass is 502 g/mol. The lowest BCUT2D eigenvalue weighted by Gasteiger charge is -2.19. The SMILES string of the molecule is C[C@@H](Nc1ncnc2c(Br)c(=O)n([C@@H]3CC3C(F)F)cc12)c1cccc(C(F)F)c1F. The second kappa shape index (κ2) is 8.18. The van der Waals surface area contributed by atoms with Gasteiger partial charge in [0.15, 0.2) is 0 Å². The van der Waals surface area contributed by atoms with Crippen LogP contribution in [0.2, 0.25) is 0 Å². The largest absolute Gasteiger partial charge is 0.363 e. The van der Waals surface area contributed by atoms with Crippen LogP contribution in [0, 0.1) is 11.7 Å². The average molecular weight is 503 g/mol. The highest BCUT2D eigenvalue weighted by Crippen LogP contribution is 2.47. The number of nitrogens with one attached hydrogen (secondary N) is 1. The molecule has 0 aliphatic heterocycles. The molecule has 1 saturated carbocycles. The van der Waals surface area contributed by atoms with Crippen molar-refractivity contribution < 1.29 is 22.0 Å². The second-order valence-corrected chi connectivity index (χ2v) is 8.15. The van der Waals surface area contributed by atoms with E-state index in [1.807, 2.05) is 0 Å². The van der Waals surface area contributed by atoms with Crippen molar-refractivity contribution in [3.8, 4) is 0 Å². The van der Waals surface area contributed by atoms with E-state index in [1.54, 1.807) is 6.92 Å². The molecule has 1 fully saturated rings. The fourth-order valence-electron chi connectivity index (χ4n) is 3.61. The molecule has 2 heterocycles. The van der Waals surface area contributed by atoms with Crippen LogP contribution in [0.15, 0.2) is 40.0 Å². The van der Waals surface area contributed by atoms with Gasteiger partial charge in [0.2, 0.25) is 6.43 Å². The van der Waals surface area contributed by atoms with Crippen molar-refractivity contribution in [2.75, 3.05) is 5.32 Å². The number of aromatic nitrogens is 3. The van der Waals surface area contributed by atoms with Gasteiger partial charge in [-0.1, -0.05) is 18.2 Å². The van der Waals surface area contributed by atoms with Crippen molar-refractivity contribution in [1.82, 2.24) is 14.5 Å². The van der Waals surface area contributed by atoms with Crippen molar-refractivity contribution in [2.24, 2.45) is 5.92 Å². The van der Waals surface area contributed by atoms with Crippen LogP contribution in [-0.4, -0.2) is 21.0 Å². The van der Waals surface area contributed by atoms with Crippen LogP contribution in [0.5, 0.6) is 0 Å².